The van der Waals surface area contributed by atoms with Crippen molar-refractivity contribution in [3.8, 4) is 17.1 Å². The van der Waals surface area contributed by atoms with Crippen LogP contribution in [0.2, 0.25) is 0 Å². The third-order valence-corrected chi connectivity index (χ3v) is 5.56. The molecule has 1 aromatic carbocycles. The Morgan fingerprint density at radius 1 is 1.06 bits per heavy atom. The molecule has 0 bridgehead atoms. The largest absolute Gasteiger partial charge is 0.497 e. The number of methoxy groups -OCH3 is 1. The fourth-order valence-corrected chi connectivity index (χ4v) is 3.70. The molecule has 0 saturated heterocycles. The molecule has 9 heteroatoms. The minimum absolute atomic E-state index is 0.613. The van der Waals surface area contributed by atoms with E-state index in [0.717, 1.165) is 73.2 Å². The first-order chi connectivity index (χ1) is 15.2. The summed E-state index contributed by atoms with van der Waals surface area (Å²) in [6.07, 6.45) is 4.80. The number of unbranched alkanes of at least 4 members (excludes halogenated alkanes) is 2. The zero-order chi connectivity index (χ0) is 21.9. The van der Waals surface area contributed by atoms with Crippen LogP contribution in [0.1, 0.15) is 35.9 Å². The maximum Gasteiger partial charge on any atom is 0.226 e. The summed E-state index contributed by atoms with van der Waals surface area (Å²) < 4.78 is 10.6. The Morgan fingerprint density at radius 2 is 1.87 bits per heavy atom. The molecule has 31 heavy (non-hydrogen) atoms. The number of thiazole rings is 1. The van der Waals surface area contributed by atoms with Crippen molar-refractivity contribution in [3.05, 3.63) is 46.2 Å². The van der Waals surface area contributed by atoms with E-state index in [0.29, 0.717) is 11.7 Å². The van der Waals surface area contributed by atoms with Crippen molar-refractivity contribution in [2.45, 2.75) is 39.0 Å². The molecule has 2 heterocycles. The average Bonchev–Trinajstić information content (AvgIpc) is 3.44. The summed E-state index contributed by atoms with van der Waals surface area (Å²) in [5.41, 5.74) is 2.05. The molecule has 0 aliphatic carbocycles. The van der Waals surface area contributed by atoms with Gasteiger partial charge in [-0.15, -0.1) is 11.3 Å². The Kier molecular flexibility index (Phi) is 8.84. The van der Waals surface area contributed by atoms with Crippen LogP contribution in [0, 0.1) is 6.92 Å². The first kappa shape index (κ1) is 22.7. The van der Waals surface area contributed by atoms with Crippen molar-refractivity contribution in [1.82, 2.24) is 25.8 Å². The van der Waals surface area contributed by atoms with Crippen LogP contribution in [0.25, 0.3) is 11.4 Å². The lowest BCUT2D eigenvalue weighted by molar-refractivity contribution is 0.374. The Bertz CT molecular complexity index is 951. The second kappa shape index (κ2) is 12.0. The monoisotopic (exact) mass is 442 g/mol. The van der Waals surface area contributed by atoms with Crippen molar-refractivity contribution in [2.24, 2.45) is 4.99 Å². The summed E-state index contributed by atoms with van der Waals surface area (Å²) >= 11 is 1.69. The molecule has 0 radical (unpaired) electrons. The molecular formula is C22H30N6O2S. The molecule has 166 valence electrons. The molecule has 8 nitrogen and oxygen atoms in total. The van der Waals surface area contributed by atoms with E-state index in [4.69, 9.17) is 9.26 Å². The highest BCUT2D eigenvalue weighted by molar-refractivity contribution is 7.09. The van der Waals surface area contributed by atoms with Crippen LogP contribution in [0.3, 0.4) is 0 Å². The molecule has 0 fully saturated rings. The fourth-order valence-electron chi connectivity index (χ4n) is 3.05. The maximum absolute atomic E-state index is 5.38. The van der Waals surface area contributed by atoms with Gasteiger partial charge in [0.15, 0.2) is 5.96 Å². The van der Waals surface area contributed by atoms with Crippen molar-refractivity contribution in [3.63, 3.8) is 0 Å². The van der Waals surface area contributed by atoms with Gasteiger partial charge in [0.05, 0.1) is 17.8 Å². The van der Waals surface area contributed by atoms with Gasteiger partial charge < -0.3 is 19.9 Å². The highest BCUT2D eigenvalue weighted by atomic mass is 32.1. The number of benzene rings is 1. The van der Waals surface area contributed by atoms with Gasteiger partial charge in [0, 0.05) is 43.9 Å². The number of guanidine groups is 1. The van der Waals surface area contributed by atoms with Gasteiger partial charge in [-0.25, -0.2) is 4.98 Å². The Balaban J connectivity index is 1.28. The van der Waals surface area contributed by atoms with Gasteiger partial charge in [-0.3, -0.25) is 4.99 Å². The third kappa shape index (κ3) is 7.36. The van der Waals surface area contributed by atoms with E-state index < -0.39 is 0 Å². The van der Waals surface area contributed by atoms with Crippen LogP contribution in [-0.2, 0) is 12.8 Å². The summed E-state index contributed by atoms with van der Waals surface area (Å²) in [7, 11) is 3.44. The predicted molar refractivity (Wildman–Crippen MR) is 124 cm³/mol. The molecule has 2 N–H and O–H groups in total. The van der Waals surface area contributed by atoms with Gasteiger partial charge in [-0.05, 0) is 44.0 Å². The minimum atomic E-state index is 0.613. The smallest absolute Gasteiger partial charge is 0.226 e. The van der Waals surface area contributed by atoms with Gasteiger partial charge >= 0.3 is 0 Å². The maximum atomic E-state index is 5.38. The topological polar surface area (TPSA) is 97.5 Å². The number of nitrogens with zero attached hydrogens (tertiary/aromatic N) is 4. The van der Waals surface area contributed by atoms with E-state index in [9.17, 15) is 0 Å². The SMILES string of the molecule is CN=C(NCCCCCc1nc(-c2ccc(OC)cc2)no1)NCCc1csc(C)n1. The van der Waals surface area contributed by atoms with Crippen LogP contribution in [-0.4, -0.2) is 48.3 Å². The first-order valence-electron chi connectivity index (χ1n) is 10.5. The predicted octanol–water partition coefficient (Wildman–Crippen LogP) is 3.63. The molecule has 0 aliphatic rings. The summed E-state index contributed by atoms with van der Waals surface area (Å²) in [5, 5.41) is 14.0. The lowest BCUT2D eigenvalue weighted by atomic mass is 10.2. The number of ether oxygens (including phenoxy) is 1. The Morgan fingerprint density at radius 3 is 2.58 bits per heavy atom. The highest BCUT2D eigenvalue weighted by Gasteiger charge is 2.08. The second-order valence-electron chi connectivity index (χ2n) is 7.08. The molecule has 0 atom stereocenters. The average molecular weight is 443 g/mol. The molecular weight excluding hydrogens is 412 g/mol. The molecule has 0 spiro atoms. The zero-order valence-corrected chi connectivity index (χ0v) is 19.2. The van der Waals surface area contributed by atoms with E-state index in [1.165, 1.54) is 0 Å². The van der Waals surface area contributed by atoms with Gasteiger partial charge in [0.25, 0.3) is 0 Å². The van der Waals surface area contributed by atoms with Gasteiger partial charge in [-0.1, -0.05) is 11.6 Å². The molecule has 0 unspecified atom stereocenters. The number of aliphatic imine (C=N–C) groups is 1. The standard InChI is InChI=1S/C22H30N6O2S/c1-16-26-18(15-31-16)12-14-25-22(23-2)24-13-6-4-5-7-20-27-21(28-30-20)17-8-10-19(29-3)11-9-17/h8-11,15H,4-7,12-14H2,1-3H3,(H2,23,24,25). The number of hydrogen-bond acceptors (Lipinski definition) is 7. The molecule has 3 aromatic rings. The summed E-state index contributed by atoms with van der Waals surface area (Å²) in [6.45, 7) is 3.72. The quantitative estimate of drug-likeness (QED) is 0.266. The van der Waals surface area contributed by atoms with E-state index in [-0.39, 0.29) is 0 Å². The minimum Gasteiger partial charge on any atom is -0.497 e. The fraction of sp³-hybridized carbons (Fsp3) is 0.455. The summed E-state index contributed by atoms with van der Waals surface area (Å²) in [4.78, 5) is 13.2. The van der Waals surface area contributed by atoms with Crippen LogP contribution >= 0.6 is 11.3 Å². The van der Waals surface area contributed by atoms with Crippen molar-refractivity contribution in [2.75, 3.05) is 27.2 Å². The van der Waals surface area contributed by atoms with Gasteiger partial charge in [0.1, 0.15) is 5.75 Å². The van der Waals surface area contributed by atoms with Crippen LogP contribution in [0.15, 0.2) is 39.2 Å². The highest BCUT2D eigenvalue weighted by Crippen LogP contribution is 2.20. The van der Waals surface area contributed by atoms with Gasteiger partial charge in [-0.2, -0.15) is 4.98 Å². The normalized spacial score (nSPS) is 11.5. The first-order valence-corrected chi connectivity index (χ1v) is 11.4. The number of aromatic nitrogens is 3. The van der Waals surface area contributed by atoms with Gasteiger partial charge in [0.2, 0.25) is 11.7 Å². The van der Waals surface area contributed by atoms with Crippen molar-refractivity contribution in [1.29, 1.82) is 0 Å². The lowest BCUT2D eigenvalue weighted by Crippen LogP contribution is -2.38. The molecule has 0 saturated carbocycles. The van der Waals surface area contributed by atoms with Crippen LogP contribution in [0.4, 0.5) is 0 Å². The summed E-state index contributed by atoms with van der Waals surface area (Å²) in [5.74, 6) is 2.92. The summed E-state index contributed by atoms with van der Waals surface area (Å²) in [6, 6.07) is 7.64. The molecule has 3 rings (SSSR count). The zero-order valence-electron chi connectivity index (χ0n) is 18.4. The number of nitrogens with one attached hydrogen (secondary N) is 2. The molecule has 2 aromatic heterocycles. The molecule has 0 amide bonds. The Hall–Kier alpha value is -2.94. The number of aryl methyl sites for hydroxylation is 2. The number of rotatable bonds is 11. The Labute approximate surface area is 187 Å². The van der Waals surface area contributed by atoms with Crippen LogP contribution < -0.4 is 15.4 Å². The van der Waals surface area contributed by atoms with E-state index in [1.54, 1.807) is 25.5 Å². The van der Waals surface area contributed by atoms with Crippen molar-refractivity contribution >= 4 is 17.3 Å². The van der Waals surface area contributed by atoms with Crippen LogP contribution in [0.5, 0.6) is 5.75 Å². The van der Waals surface area contributed by atoms with E-state index >= 15 is 0 Å². The van der Waals surface area contributed by atoms with Crippen molar-refractivity contribution < 1.29 is 9.26 Å². The second-order valence-corrected chi connectivity index (χ2v) is 8.15. The van der Waals surface area contributed by atoms with E-state index in [1.807, 2.05) is 31.2 Å². The number of hydrogen-bond donors (Lipinski definition) is 2. The molecule has 0 aliphatic heterocycles. The lowest BCUT2D eigenvalue weighted by Gasteiger charge is -2.11. The van der Waals surface area contributed by atoms with E-state index in [2.05, 4.69) is 36.1 Å². The third-order valence-electron chi connectivity index (χ3n) is 4.74.